The number of carbonyl (C=O) groups excluding carboxylic acids is 1. The first-order valence-electron chi connectivity index (χ1n) is 11.9. The van der Waals surface area contributed by atoms with Gasteiger partial charge in [-0.2, -0.15) is 5.10 Å². The second kappa shape index (κ2) is 8.20. The molecule has 0 radical (unpaired) electrons. The molecule has 5 heterocycles. The van der Waals surface area contributed by atoms with Gasteiger partial charge in [-0.1, -0.05) is 18.2 Å². The number of rotatable bonds is 4. The molecule has 1 amide bonds. The fraction of sp³-hybridized carbons (Fsp3) is 0.346. The smallest absolute Gasteiger partial charge is 0.222 e. The third-order valence-corrected chi connectivity index (χ3v) is 7.09. The summed E-state index contributed by atoms with van der Waals surface area (Å²) in [7, 11) is 0. The molecular weight excluding hydrogens is 426 g/mol. The maximum atomic E-state index is 13.2. The summed E-state index contributed by atoms with van der Waals surface area (Å²) < 4.78 is 3.96. The van der Waals surface area contributed by atoms with E-state index in [0.717, 1.165) is 64.4 Å². The Bertz CT molecular complexity index is 1530. The van der Waals surface area contributed by atoms with Crippen LogP contribution in [0, 0.1) is 13.8 Å². The molecule has 8 nitrogen and oxygen atoms in total. The number of pyridine rings is 1. The summed E-state index contributed by atoms with van der Waals surface area (Å²) >= 11 is 0. The van der Waals surface area contributed by atoms with Gasteiger partial charge in [0.25, 0.3) is 0 Å². The zero-order valence-corrected chi connectivity index (χ0v) is 19.5. The summed E-state index contributed by atoms with van der Waals surface area (Å²) in [6, 6.07) is 14.0. The molecule has 0 bridgehead atoms. The SMILES string of the molecule is Cc1nc2c3ccccc3nn2c(C)c1CCC(=O)N1CCC[C@@H](c2nnc3ccccn23)C1. The van der Waals surface area contributed by atoms with Crippen LogP contribution in [0.1, 0.15) is 48.0 Å². The molecule has 1 atom stereocenters. The number of piperidine rings is 1. The molecule has 0 aliphatic carbocycles. The predicted molar refractivity (Wildman–Crippen MR) is 130 cm³/mol. The Kier molecular flexibility index (Phi) is 5.01. The number of nitrogens with zero attached hydrogens (tertiary/aromatic N) is 7. The Morgan fingerprint density at radius 3 is 2.85 bits per heavy atom. The molecule has 4 aromatic heterocycles. The molecule has 0 spiro atoms. The van der Waals surface area contributed by atoms with E-state index in [1.165, 1.54) is 0 Å². The van der Waals surface area contributed by atoms with Gasteiger partial charge in [-0.25, -0.2) is 9.50 Å². The van der Waals surface area contributed by atoms with Crippen LogP contribution in [-0.4, -0.2) is 53.1 Å². The number of hydrogen-bond acceptors (Lipinski definition) is 5. The second-order valence-electron chi connectivity index (χ2n) is 9.18. The number of fused-ring (bicyclic) bond motifs is 4. The van der Waals surface area contributed by atoms with E-state index in [-0.39, 0.29) is 11.8 Å². The van der Waals surface area contributed by atoms with E-state index in [1.54, 1.807) is 0 Å². The first-order valence-corrected chi connectivity index (χ1v) is 11.9. The number of benzene rings is 1. The van der Waals surface area contributed by atoms with Crippen molar-refractivity contribution in [2.24, 2.45) is 0 Å². The van der Waals surface area contributed by atoms with Gasteiger partial charge in [0.2, 0.25) is 5.91 Å². The van der Waals surface area contributed by atoms with Crippen molar-refractivity contribution in [2.75, 3.05) is 13.1 Å². The lowest BCUT2D eigenvalue weighted by Crippen LogP contribution is -2.39. The standard InChI is InChI=1S/C26H27N7O/c1-17-20(18(2)33-26(27-17)21-9-3-4-10-22(21)30-33)12-13-24(34)31-14-7-8-19(16-31)25-29-28-23-11-5-6-15-32(23)25/h3-6,9-11,15,19H,7-8,12-14,16H2,1-2H3/t19-/m1/s1. The lowest BCUT2D eigenvalue weighted by atomic mass is 9.96. The summed E-state index contributed by atoms with van der Waals surface area (Å²) in [6.07, 6.45) is 5.11. The van der Waals surface area contributed by atoms with Gasteiger partial charge >= 0.3 is 0 Å². The molecule has 6 rings (SSSR count). The molecule has 8 heteroatoms. The van der Waals surface area contributed by atoms with Crippen LogP contribution in [0.4, 0.5) is 0 Å². The van der Waals surface area contributed by atoms with Gasteiger partial charge in [0.05, 0.1) is 5.52 Å². The molecule has 1 fully saturated rings. The van der Waals surface area contributed by atoms with Crippen LogP contribution >= 0.6 is 0 Å². The zero-order chi connectivity index (χ0) is 23.2. The Morgan fingerprint density at radius 1 is 1.09 bits per heavy atom. The van der Waals surface area contributed by atoms with E-state index in [9.17, 15) is 4.79 Å². The van der Waals surface area contributed by atoms with Crippen molar-refractivity contribution < 1.29 is 4.79 Å². The van der Waals surface area contributed by atoms with Crippen LogP contribution in [-0.2, 0) is 11.2 Å². The lowest BCUT2D eigenvalue weighted by Gasteiger charge is -2.32. The fourth-order valence-electron chi connectivity index (χ4n) is 5.28. The van der Waals surface area contributed by atoms with Crippen molar-refractivity contribution in [1.82, 2.24) is 34.1 Å². The number of amides is 1. The Labute approximate surface area is 197 Å². The van der Waals surface area contributed by atoms with Gasteiger partial charge in [0.1, 0.15) is 5.82 Å². The van der Waals surface area contributed by atoms with E-state index in [1.807, 2.05) is 63.3 Å². The zero-order valence-electron chi connectivity index (χ0n) is 19.5. The van der Waals surface area contributed by atoms with Crippen molar-refractivity contribution in [3.8, 4) is 0 Å². The highest BCUT2D eigenvalue weighted by molar-refractivity contribution is 5.92. The summed E-state index contributed by atoms with van der Waals surface area (Å²) in [5, 5.41) is 14.5. The van der Waals surface area contributed by atoms with Gasteiger partial charge in [-0.3, -0.25) is 9.20 Å². The maximum absolute atomic E-state index is 13.2. The highest BCUT2D eigenvalue weighted by atomic mass is 16.2. The van der Waals surface area contributed by atoms with Gasteiger partial charge < -0.3 is 4.90 Å². The first-order chi connectivity index (χ1) is 16.6. The Balaban J connectivity index is 1.20. The molecule has 34 heavy (non-hydrogen) atoms. The molecule has 1 saturated heterocycles. The van der Waals surface area contributed by atoms with Crippen LogP contribution in [0.2, 0.25) is 0 Å². The third-order valence-electron chi connectivity index (χ3n) is 7.09. The van der Waals surface area contributed by atoms with Crippen LogP contribution in [0.25, 0.3) is 22.2 Å². The van der Waals surface area contributed by atoms with E-state index in [0.29, 0.717) is 19.4 Å². The van der Waals surface area contributed by atoms with Crippen molar-refractivity contribution in [1.29, 1.82) is 0 Å². The molecule has 1 aromatic carbocycles. The highest BCUT2D eigenvalue weighted by Crippen LogP contribution is 2.27. The van der Waals surface area contributed by atoms with Crippen LogP contribution in [0.15, 0.2) is 48.7 Å². The van der Waals surface area contributed by atoms with Crippen molar-refractivity contribution in [3.05, 3.63) is 71.4 Å². The van der Waals surface area contributed by atoms with E-state index in [4.69, 9.17) is 10.1 Å². The molecule has 172 valence electrons. The average molecular weight is 454 g/mol. The number of hydrogen-bond donors (Lipinski definition) is 0. The lowest BCUT2D eigenvalue weighted by molar-refractivity contribution is -0.132. The quantitative estimate of drug-likeness (QED) is 0.413. The molecule has 0 unspecified atom stereocenters. The number of likely N-dealkylation sites (tertiary alicyclic amines) is 1. The molecule has 1 aliphatic rings. The number of aryl methyl sites for hydroxylation is 2. The van der Waals surface area contributed by atoms with E-state index < -0.39 is 0 Å². The van der Waals surface area contributed by atoms with Gasteiger partial charge in [-0.05, 0) is 62.9 Å². The minimum absolute atomic E-state index is 0.183. The third kappa shape index (κ3) is 3.41. The average Bonchev–Trinajstić information content (AvgIpc) is 3.46. The second-order valence-corrected chi connectivity index (χ2v) is 9.18. The predicted octanol–water partition coefficient (Wildman–Crippen LogP) is 3.88. The minimum atomic E-state index is 0.183. The summed E-state index contributed by atoms with van der Waals surface area (Å²) in [5.74, 6) is 1.33. The molecule has 5 aromatic rings. The van der Waals surface area contributed by atoms with Gasteiger partial charge in [0, 0.05) is 48.4 Å². The Morgan fingerprint density at radius 2 is 1.94 bits per heavy atom. The van der Waals surface area contributed by atoms with Crippen molar-refractivity contribution >= 4 is 28.1 Å². The van der Waals surface area contributed by atoms with Crippen molar-refractivity contribution in [2.45, 2.75) is 45.4 Å². The minimum Gasteiger partial charge on any atom is -0.342 e. The van der Waals surface area contributed by atoms with E-state index >= 15 is 0 Å². The van der Waals surface area contributed by atoms with Crippen LogP contribution in [0.5, 0.6) is 0 Å². The molecule has 1 aliphatic heterocycles. The Hall–Kier alpha value is -3.81. The van der Waals surface area contributed by atoms with Crippen LogP contribution < -0.4 is 0 Å². The monoisotopic (exact) mass is 453 g/mol. The first kappa shape index (κ1) is 20.8. The van der Waals surface area contributed by atoms with Gasteiger partial charge in [0.15, 0.2) is 11.3 Å². The van der Waals surface area contributed by atoms with Gasteiger partial charge in [-0.15, -0.1) is 10.2 Å². The summed E-state index contributed by atoms with van der Waals surface area (Å²) in [6.45, 7) is 5.59. The summed E-state index contributed by atoms with van der Waals surface area (Å²) in [4.78, 5) is 20.1. The van der Waals surface area contributed by atoms with Crippen LogP contribution in [0.3, 0.4) is 0 Å². The van der Waals surface area contributed by atoms with Crippen molar-refractivity contribution in [3.63, 3.8) is 0 Å². The van der Waals surface area contributed by atoms with E-state index in [2.05, 4.69) is 23.2 Å². The molecular formula is C26H27N7O. The summed E-state index contributed by atoms with van der Waals surface area (Å²) in [5.41, 5.74) is 5.78. The number of aromatic nitrogens is 6. The largest absolute Gasteiger partial charge is 0.342 e. The normalized spacial score (nSPS) is 16.6. The highest BCUT2D eigenvalue weighted by Gasteiger charge is 2.28. The fourth-order valence-corrected chi connectivity index (χ4v) is 5.28. The number of carbonyl (C=O) groups is 1. The maximum Gasteiger partial charge on any atom is 0.222 e. The topological polar surface area (TPSA) is 80.7 Å². The molecule has 0 saturated carbocycles. The molecule has 0 N–H and O–H groups in total.